The number of hydrogen-bond donors (Lipinski definition) is 0. The van der Waals surface area contributed by atoms with Gasteiger partial charge in [-0.15, -0.1) is 5.73 Å². The second kappa shape index (κ2) is 6.72. The largest absolute Gasteiger partial charge is 0.462 e. The summed E-state index contributed by atoms with van der Waals surface area (Å²) in [5.74, 6) is -0.311. The number of carbonyl (C=O) groups is 1. The van der Waals surface area contributed by atoms with Crippen molar-refractivity contribution in [3.8, 4) is 0 Å². The summed E-state index contributed by atoms with van der Waals surface area (Å²) < 4.78 is 4.87. The Hall–Kier alpha value is -1.79. The molecule has 1 aromatic carbocycles. The molecule has 17 heavy (non-hydrogen) atoms. The van der Waals surface area contributed by atoms with E-state index in [1.807, 2.05) is 12.1 Å². The van der Waals surface area contributed by atoms with Crippen LogP contribution in [0.1, 0.15) is 31.9 Å². The fourth-order valence-electron chi connectivity index (χ4n) is 1.34. The van der Waals surface area contributed by atoms with Crippen molar-refractivity contribution in [2.24, 2.45) is 0 Å². The van der Waals surface area contributed by atoms with Gasteiger partial charge in [-0.1, -0.05) is 31.2 Å². The van der Waals surface area contributed by atoms with Gasteiger partial charge in [0, 0.05) is 0 Å². The van der Waals surface area contributed by atoms with E-state index in [0.29, 0.717) is 12.2 Å². The van der Waals surface area contributed by atoms with Gasteiger partial charge in [-0.05, 0) is 37.5 Å². The fraction of sp³-hybridized carbons (Fsp3) is 0.333. The lowest BCUT2D eigenvalue weighted by atomic mass is 10.1. The summed E-state index contributed by atoms with van der Waals surface area (Å²) in [5, 5.41) is 0. The maximum Gasteiger partial charge on any atom is 0.341 e. The van der Waals surface area contributed by atoms with Crippen LogP contribution in [-0.2, 0) is 16.0 Å². The Morgan fingerprint density at radius 3 is 2.47 bits per heavy atom. The van der Waals surface area contributed by atoms with Gasteiger partial charge in [-0.2, -0.15) is 0 Å². The molecule has 0 aliphatic rings. The first kappa shape index (κ1) is 13.3. The van der Waals surface area contributed by atoms with Crippen LogP contribution in [0.5, 0.6) is 0 Å². The van der Waals surface area contributed by atoms with Gasteiger partial charge in [0.25, 0.3) is 0 Å². The van der Waals surface area contributed by atoms with Crippen molar-refractivity contribution in [1.29, 1.82) is 0 Å². The number of hydrogen-bond acceptors (Lipinski definition) is 2. The molecule has 2 nitrogen and oxygen atoms in total. The number of aryl methyl sites for hydroxylation is 1. The smallest absolute Gasteiger partial charge is 0.341 e. The fourth-order valence-corrected chi connectivity index (χ4v) is 1.34. The van der Waals surface area contributed by atoms with Gasteiger partial charge in [-0.25, -0.2) is 4.79 Å². The zero-order chi connectivity index (χ0) is 12.7. The Kier molecular flexibility index (Phi) is 5.25. The summed E-state index contributed by atoms with van der Waals surface area (Å²) in [6.07, 6.45) is 2.83. The first-order valence-corrected chi connectivity index (χ1v) is 5.86. The minimum atomic E-state index is -0.311. The Labute approximate surface area is 103 Å². The molecule has 1 aromatic rings. The van der Waals surface area contributed by atoms with E-state index in [-0.39, 0.29) is 5.97 Å². The maximum atomic E-state index is 11.3. The van der Waals surface area contributed by atoms with Crippen LogP contribution in [-0.4, -0.2) is 12.6 Å². The predicted octanol–water partition coefficient (Wildman–Crippen LogP) is 3.37. The van der Waals surface area contributed by atoms with E-state index >= 15 is 0 Å². The third kappa shape index (κ3) is 4.29. The monoisotopic (exact) mass is 230 g/mol. The van der Waals surface area contributed by atoms with Crippen LogP contribution in [0.25, 0.3) is 6.08 Å². The van der Waals surface area contributed by atoms with E-state index in [1.165, 1.54) is 5.56 Å². The van der Waals surface area contributed by atoms with E-state index in [2.05, 4.69) is 24.8 Å². The van der Waals surface area contributed by atoms with Crippen molar-refractivity contribution in [3.05, 3.63) is 46.7 Å². The normalized spacial score (nSPS) is 9.35. The Balaban J connectivity index is 2.81. The van der Waals surface area contributed by atoms with Crippen molar-refractivity contribution >= 4 is 12.0 Å². The van der Waals surface area contributed by atoms with Gasteiger partial charge in [0.05, 0.1) is 12.2 Å². The number of esters is 1. The number of rotatable bonds is 4. The summed E-state index contributed by atoms with van der Waals surface area (Å²) in [4.78, 5) is 11.3. The van der Waals surface area contributed by atoms with Crippen LogP contribution in [0.15, 0.2) is 35.6 Å². The van der Waals surface area contributed by atoms with Gasteiger partial charge >= 0.3 is 5.97 Å². The highest BCUT2D eigenvalue weighted by Crippen LogP contribution is 2.06. The number of benzene rings is 1. The highest BCUT2D eigenvalue weighted by atomic mass is 16.5. The molecular formula is C15H18O2. The minimum absolute atomic E-state index is 0.311. The predicted molar refractivity (Wildman–Crippen MR) is 69.6 cm³/mol. The molecular weight excluding hydrogens is 212 g/mol. The standard InChI is InChI=1S/C15H18O2/c1-4-13-8-10-14(11-9-13)7-6-12(3)15(16)17-5-2/h7-11H,4-5H2,1-3H3. The molecule has 0 heterocycles. The molecule has 0 bridgehead atoms. The number of carbonyl (C=O) groups excluding carboxylic acids is 1. The lowest BCUT2D eigenvalue weighted by Gasteiger charge is -1.98. The molecule has 90 valence electrons. The highest BCUT2D eigenvalue weighted by Gasteiger charge is 2.01. The van der Waals surface area contributed by atoms with Gasteiger partial charge in [0.2, 0.25) is 0 Å². The number of ether oxygens (including phenoxy) is 1. The summed E-state index contributed by atoms with van der Waals surface area (Å²) in [6, 6.07) is 8.19. The Morgan fingerprint density at radius 1 is 1.29 bits per heavy atom. The van der Waals surface area contributed by atoms with Crippen molar-refractivity contribution in [3.63, 3.8) is 0 Å². The molecule has 0 atom stereocenters. The molecule has 2 heteroatoms. The molecule has 0 saturated carbocycles. The average Bonchev–Trinajstić information content (AvgIpc) is 2.36. The first-order valence-electron chi connectivity index (χ1n) is 5.86. The minimum Gasteiger partial charge on any atom is -0.462 e. The van der Waals surface area contributed by atoms with E-state index in [0.717, 1.165) is 12.0 Å². The highest BCUT2D eigenvalue weighted by molar-refractivity contribution is 5.88. The zero-order valence-corrected chi connectivity index (χ0v) is 10.6. The lowest BCUT2D eigenvalue weighted by molar-refractivity contribution is -0.138. The Bertz CT molecular complexity index is 434. The molecule has 0 aromatic heterocycles. The second-order valence-electron chi connectivity index (χ2n) is 3.73. The molecule has 0 aliphatic heterocycles. The molecule has 0 fully saturated rings. The molecule has 0 saturated heterocycles. The van der Waals surface area contributed by atoms with Gasteiger partial charge in [-0.3, -0.25) is 0 Å². The van der Waals surface area contributed by atoms with Gasteiger partial charge in [0.1, 0.15) is 0 Å². The van der Waals surface area contributed by atoms with Crippen LogP contribution in [0, 0.1) is 0 Å². The molecule has 0 unspecified atom stereocenters. The summed E-state index contributed by atoms with van der Waals surface area (Å²) in [6.45, 7) is 6.01. The van der Waals surface area contributed by atoms with Crippen molar-refractivity contribution in [2.45, 2.75) is 27.2 Å². The first-order chi connectivity index (χ1) is 8.17. The van der Waals surface area contributed by atoms with Crippen LogP contribution in [0.3, 0.4) is 0 Å². The van der Waals surface area contributed by atoms with Crippen molar-refractivity contribution < 1.29 is 9.53 Å². The zero-order valence-electron chi connectivity index (χ0n) is 10.6. The molecule has 0 N–H and O–H groups in total. The summed E-state index contributed by atoms with van der Waals surface area (Å²) in [5.41, 5.74) is 5.76. The van der Waals surface area contributed by atoms with Crippen LogP contribution in [0.4, 0.5) is 0 Å². The molecule has 0 amide bonds. The average molecular weight is 230 g/mol. The van der Waals surface area contributed by atoms with Crippen LogP contribution >= 0.6 is 0 Å². The van der Waals surface area contributed by atoms with Crippen molar-refractivity contribution in [1.82, 2.24) is 0 Å². The second-order valence-corrected chi connectivity index (χ2v) is 3.73. The van der Waals surface area contributed by atoms with E-state index in [9.17, 15) is 4.79 Å². The maximum absolute atomic E-state index is 11.3. The Morgan fingerprint density at radius 2 is 1.94 bits per heavy atom. The van der Waals surface area contributed by atoms with Crippen LogP contribution in [0.2, 0.25) is 0 Å². The van der Waals surface area contributed by atoms with E-state index < -0.39 is 0 Å². The van der Waals surface area contributed by atoms with Gasteiger partial charge in [0.15, 0.2) is 0 Å². The SMILES string of the molecule is CCOC(=O)C(C)=C=Cc1ccc(CC)cc1. The third-order valence-corrected chi connectivity index (χ3v) is 2.42. The quantitative estimate of drug-likeness (QED) is 0.450. The summed E-state index contributed by atoms with van der Waals surface area (Å²) in [7, 11) is 0. The molecule has 0 radical (unpaired) electrons. The lowest BCUT2D eigenvalue weighted by Crippen LogP contribution is -2.03. The summed E-state index contributed by atoms with van der Waals surface area (Å²) >= 11 is 0. The topological polar surface area (TPSA) is 26.3 Å². The van der Waals surface area contributed by atoms with Gasteiger partial charge < -0.3 is 4.74 Å². The molecule has 1 rings (SSSR count). The molecule has 0 aliphatic carbocycles. The molecule has 0 spiro atoms. The van der Waals surface area contributed by atoms with E-state index in [4.69, 9.17) is 4.74 Å². The third-order valence-electron chi connectivity index (χ3n) is 2.42. The van der Waals surface area contributed by atoms with E-state index in [1.54, 1.807) is 19.9 Å². The van der Waals surface area contributed by atoms with Crippen molar-refractivity contribution in [2.75, 3.05) is 6.61 Å². The van der Waals surface area contributed by atoms with Crippen LogP contribution < -0.4 is 0 Å².